The lowest BCUT2D eigenvalue weighted by atomic mass is 10.2. The van der Waals surface area contributed by atoms with E-state index in [4.69, 9.17) is 4.74 Å². The zero-order valence-electron chi connectivity index (χ0n) is 11.3. The molecule has 0 spiro atoms. The second kappa shape index (κ2) is 6.14. The van der Waals surface area contributed by atoms with Gasteiger partial charge in [0.25, 0.3) is 5.91 Å². The van der Waals surface area contributed by atoms with Gasteiger partial charge in [-0.25, -0.2) is 4.39 Å². The number of nitrogens with one attached hydrogen (secondary N) is 1. The average Bonchev–Trinajstić information content (AvgIpc) is 2.41. The molecular weight excluding hydrogens is 259 g/mol. The smallest absolute Gasteiger partial charge is 0.255 e. The first kappa shape index (κ1) is 14.0. The summed E-state index contributed by atoms with van der Waals surface area (Å²) in [5, 5.41) is 2.69. The van der Waals surface area contributed by atoms with E-state index < -0.39 is 5.82 Å². The number of amides is 1. The third kappa shape index (κ3) is 3.32. The number of halogens is 1. The maximum absolute atomic E-state index is 13.7. The van der Waals surface area contributed by atoms with Gasteiger partial charge in [0.1, 0.15) is 0 Å². The molecule has 0 fully saturated rings. The summed E-state index contributed by atoms with van der Waals surface area (Å²) < 4.78 is 18.8. The van der Waals surface area contributed by atoms with Gasteiger partial charge in [-0.05, 0) is 44.2 Å². The molecule has 1 amide bonds. The molecule has 1 heterocycles. The monoisotopic (exact) mass is 274 g/mol. The Bertz CT molecular complexity index is 629. The van der Waals surface area contributed by atoms with Gasteiger partial charge < -0.3 is 10.1 Å². The van der Waals surface area contributed by atoms with E-state index >= 15 is 0 Å². The Hall–Kier alpha value is -2.43. The van der Waals surface area contributed by atoms with E-state index in [1.165, 1.54) is 12.1 Å². The van der Waals surface area contributed by atoms with Crippen molar-refractivity contribution in [1.29, 1.82) is 0 Å². The minimum absolute atomic E-state index is 0.142. The van der Waals surface area contributed by atoms with Crippen molar-refractivity contribution in [1.82, 2.24) is 4.98 Å². The highest BCUT2D eigenvalue weighted by Gasteiger charge is 2.10. The Morgan fingerprint density at radius 3 is 2.80 bits per heavy atom. The highest BCUT2D eigenvalue weighted by atomic mass is 19.1. The molecule has 104 valence electrons. The summed E-state index contributed by atoms with van der Waals surface area (Å²) in [6.45, 7) is 3.97. The molecule has 0 aliphatic carbocycles. The van der Waals surface area contributed by atoms with Crippen LogP contribution in [0.4, 0.5) is 10.1 Å². The zero-order chi connectivity index (χ0) is 14.5. The number of aryl methyl sites for hydroxylation is 1. The maximum atomic E-state index is 13.7. The molecule has 0 saturated heterocycles. The minimum Gasteiger partial charge on any atom is -0.491 e. The lowest BCUT2D eigenvalue weighted by Gasteiger charge is -2.08. The van der Waals surface area contributed by atoms with Crippen LogP contribution in [-0.2, 0) is 0 Å². The SMILES string of the molecule is CCOc1ccc(C(=O)Nc2ccnc(C)c2)cc1F. The van der Waals surface area contributed by atoms with Crippen LogP contribution in [0.1, 0.15) is 23.0 Å². The molecule has 1 aromatic carbocycles. The van der Waals surface area contributed by atoms with Crippen LogP contribution in [0.25, 0.3) is 0 Å². The predicted octanol–water partition coefficient (Wildman–Crippen LogP) is 3.18. The largest absolute Gasteiger partial charge is 0.491 e. The summed E-state index contributed by atoms with van der Waals surface area (Å²) in [7, 11) is 0. The molecule has 1 aromatic heterocycles. The normalized spacial score (nSPS) is 10.2. The number of carbonyl (C=O) groups is 1. The molecule has 5 heteroatoms. The maximum Gasteiger partial charge on any atom is 0.255 e. The van der Waals surface area contributed by atoms with E-state index in [-0.39, 0.29) is 17.2 Å². The van der Waals surface area contributed by atoms with Crippen LogP contribution in [0.3, 0.4) is 0 Å². The summed E-state index contributed by atoms with van der Waals surface area (Å²) in [4.78, 5) is 16.0. The summed E-state index contributed by atoms with van der Waals surface area (Å²) in [5.74, 6) is -0.785. The summed E-state index contributed by atoms with van der Waals surface area (Å²) in [6, 6.07) is 7.55. The lowest BCUT2D eigenvalue weighted by molar-refractivity contribution is 0.102. The Morgan fingerprint density at radius 1 is 1.35 bits per heavy atom. The first-order valence-corrected chi connectivity index (χ1v) is 6.26. The van der Waals surface area contributed by atoms with E-state index in [9.17, 15) is 9.18 Å². The highest BCUT2D eigenvalue weighted by Crippen LogP contribution is 2.19. The van der Waals surface area contributed by atoms with Gasteiger partial charge in [-0.15, -0.1) is 0 Å². The van der Waals surface area contributed by atoms with Crippen molar-refractivity contribution in [2.45, 2.75) is 13.8 Å². The van der Waals surface area contributed by atoms with Crippen LogP contribution >= 0.6 is 0 Å². The molecule has 1 N–H and O–H groups in total. The lowest BCUT2D eigenvalue weighted by Crippen LogP contribution is -2.12. The van der Waals surface area contributed by atoms with Crippen LogP contribution in [0, 0.1) is 12.7 Å². The number of carbonyl (C=O) groups excluding carboxylic acids is 1. The van der Waals surface area contributed by atoms with Crippen molar-refractivity contribution in [3.63, 3.8) is 0 Å². The van der Waals surface area contributed by atoms with Gasteiger partial charge in [-0.1, -0.05) is 0 Å². The molecule has 2 rings (SSSR count). The van der Waals surface area contributed by atoms with Crippen molar-refractivity contribution in [2.24, 2.45) is 0 Å². The second-order valence-electron chi connectivity index (χ2n) is 4.22. The first-order valence-electron chi connectivity index (χ1n) is 6.26. The average molecular weight is 274 g/mol. The number of rotatable bonds is 4. The van der Waals surface area contributed by atoms with Gasteiger partial charge in [-0.2, -0.15) is 0 Å². The van der Waals surface area contributed by atoms with Crippen LogP contribution < -0.4 is 10.1 Å². The molecule has 0 saturated carbocycles. The van der Waals surface area contributed by atoms with Crippen molar-refractivity contribution < 1.29 is 13.9 Å². The van der Waals surface area contributed by atoms with Crippen LogP contribution in [0.5, 0.6) is 5.75 Å². The molecular formula is C15H15FN2O2. The third-order valence-electron chi connectivity index (χ3n) is 2.65. The van der Waals surface area contributed by atoms with Gasteiger partial charge >= 0.3 is 0 Å². The molecule has 20 heavy (non-hydrogen) atoms. The van der Waals surface area contributed by atoms with Gasteiger partial charge in [0.2, 0.25) is 0 Å². The fourth-order valence-corrected chi connectivity index (χ4v) is 1.74. The number of aromatic nitrogens is 1. The summed E-state index contributed by atoms with van der Waals surface area (Å²) in [5.41, 5.74) is 1.65. The Balaban J connectivity index is 2.15. The van der Waals surface area contributed by atoms with Gasteiger partial charge in [-0.3, -0.25) is 9.78 Å². The molecule has 0 unspecified atom stereocenters. The van der Waals surface area contributed by atoms with Crippen molar-refractivity contribution in [3.8, 4) is 5.75 Å². The Kier molecular flexibility index (Phi) is 4.30. The van der Waals surface area contributed by atoms with Crippen LogP contribution in [0.15, 0.2) is 36.5 Å². The zero-order valence-corrected chi connectivity index (χ0v) is 11.3. The van der Waals surface area contributed by atoms with Gasteiger partial charge in [0, 0.05) is 23.1 Å². The Labute approximate surface area is 116 Å². The fourth-order valence-electron chi connectivity index (χ4n) is 1.74. The summed E-state index contributed by atoms with van der Waals surface area (Å²) in [6.07, 6.45) is 1.60. The minimum atomic E-state index is -0.551. The second-order valence-corrected chi connectivity index (χ2v) is 4.22. The topological polar surface area (TPSA) is 51.2 Å². The molecule has 2 aromatic rings. The molecule has 0 bridgehead atoms. The standard InChI is InChI=1S/C15H15FN2O2/c1-3-20-14-5-4-11(9-13(14)16)15(19)18-12-6-7-17-10(2)8-12/h4-9H,3H2,1-2H3,(H,17,18,19). The summed E-state index contributed by atoms with van der Waals surface area (Å²) >= 11 is 0. The third-order valence-corrected chi connectivity index (χ3v) is 2.65. The number of hydrogen-bond donors (Lipinski definition) is 1. The van der Waals surface area contributed by atoms with E-state index in [0.29, 0.717) is 12.3 Å². The molecule has 0 aliphatic rings. The number of nitrogens with zero attached hydrogens (tertiary/aromatic N) is 1. The fraction of sp³-hybridized carbons (Fsp3) is 0.200. The highest BCUT2D eigenvalue weighted by molar-refractivity contribution is 6.04. The Morgan fingerprint density at radius 2 is 2.15 bits per heavy atom. The number of benzene rings is 1. The molecule has 0 atom stereocenters. The van der Waals surface area contributed by atoms with Crippen molar-refractivity contribution in [3.05, 3.63) is 53.6 Å². The van der Waals surface area contributed by atoms with Crippen molar-refractivity contribution >= 4 is 11.6 Å². The van der Waals surface area contributed by atoms with E-state index in [1.54, 1.807) is 25.3 Å². The molecule has 4 nitrogen and oxygen atoms in total. The van der Waals surface area contributed by atoms with E-state index in [2.05, 4.69) is 10.3 Å². The van der Waals surface area contributed by atoms with Gasteiger partial charge in [0.05, 0.1) is 6.61 Å². The van der Waals surface area contributed by atoms with Crippen molar-refractivity contribution in [2.75, 3.05) is 11.9 Å². The molecule has 0 aliphatic heterocycles. The number of hydrogen-bond acceptors (Lipinski definition) is 3. The van der Waals surface area contributed by atoms with Gasteiger partial charge in [0.15, 0.2) is 11.6 Å². The van der Waals surface area contributed by atoms with E-state index in [1.807, 2.05) is 6.92 Å². The number of ether oxygens (including phenoxy) is 1. The number of anilines is 1. The molecule has 0 radical (unpaired) electrons. The quantitative estimate of drug-likeness (QED) is 0.931. The number of pyridine rings is 1. The van der Waals surface area contributed by atoms with Crippen LogP contribution in [0.2, 0.25) is 0 Å². The first-order chi connectivity index (χ1) is 9.60. The van der Waals surface area contributed by atoms with Crippen LogP contribution in [-0.4, -0.2) is 17.5 Å². The predicted molar refractivity (Wildman–Crippen MR) is 74.5 cm³/mol. The van der Waals surface area contributed by atoms with E-state index in [0.717, 1.165) is 11.8 Å².